The highest BCUT2D eigenvalue weighted by Crippen LogP contribution is 2.33. The fourth-order valence-corrected chi connectivity index (χ4v) is 7.57. The highest BCUT2D eigenvalue weighted by Gasteiger charge is 2.38. The summed E-state index contributed by atoms with van der Waals surface area (Å²) < 4.78 is 0. The van der Waals surface area contributed by atoms with Crippen molar-refractivity contribution in [2.75, 3.05) is 31.1 Å². The molecule has 2 saturated heterocycles. The van der Waals surface area contributed by atoms with Gasteiger partial charge in [-0.1, -0.05) is 82.8 Å². The Morgan fingerprint density at radius 2 is 1.59 bits per heavy atom. The Bertz CT molecular complexity index is 1760. The maximum atomic E-state index is 13.6. The summed E-state index contributed by atoms with van der Waals surface area (Å²) in [6.45, 7) is 15.4. The highest BCUT2D eigenvalue weighted by molar-refractivity contribution is 7.13. The fourth-order valence-electron chi connectivity index (χ4n) is 6.58. The van der Waals surface area contributed by atoms with Gasteiger partial charge in [0, 0.05) is 53.6 Å². The van der Waals surface area contributed by atoms with Gasteiger partial charge in [0.05, 0.1) is 24.0 Å². The predicted octanol–water partition coefficient (Wildman–Crippen LogP) is 7.16. The van der Waals surface area contributed by atoms with Crippen LogP contribution in [0.3, 0.4) is 0 Å². The van der Waals surface area contributed by atoms with Crippen LogP contribution in [0.15, 0.2) is 79.6 Å². The predicted molar refractivity (Wildman–Crippen MR) is 198 cm³/mol. The zero-order valence-corrected chi connectivity index (χ0v) is 29.8. The molecule has 0 aliphatic carbocycles. The number of nitrogens with one attached hydrogen (secondary N) is 1. The molecule has 49 heavy (non-hydrogen) atoms. The van der Waals surface area contributed by atoms with Gasteiger partial charge in [-0.3, -0.25) is 9.59 Å². The molecule has 0 bridgehead atoms. The first-order valence-corrected chi connectivity index (χ1v) is 18.1. The molecule has 4 aromatic rings. The molecule has 8 nitrogen and oxygen atoms in total. The van der Waals surface area contributed by atoms with Gasteiger partial charge in [-0.2, -0.15) is 0 Å². The molecular formula is C40H47N5O3S. The van der Waals surface area contributed by atoms with Gasteiger partial charge in [-0.25, -0.2) is 9.97 Å². The lowest BCUT2D eigenvalue weighted by Crippen LogP contribution is -2.58. The standard InChI is InChI=1S/C40H47N5O3S/c1-6-27-7-11-29(12-8-27)30-17-19-44(20-18-30)33-22-41-37(42-23-33)31-13-9-28(10-14-31)21-34(38(46)45-24-32(25-45)39(47)48)43-26(2)35-15-16-36(49-35)40(3,4)5/h7-16,22-23,30,32,34,43H,2,6,17-21,24-25H2,1,3-5H3,(H,47,48)/t34-/m0/s1. The van der Waals surface area contributed by atoms with E-state index in [-0.39, 0.29) is 24.4 Å². The Balaban J connectivity index is 1.09. The van der Waals surface area contributed by atoms with Crippen molar-refractivity contribution in [2.45, 2.75) is 70.8 Å². The van der Waals surface area contributed by atoms with Crippen molar-refractivity contribution < 1.29 is 14.7 Å². The number of aromatic nitrogens is 2. The molecule has 2 N–H and O–H groups in total. The number of benzene rings is 2. The third-order valence-corrected chi connectivity index (χ3v) is 11.4. The summed E-state index contributed by atoms with van der Waals surface area (Å²) >= 11 is 1.67. The molecule has 0 radical (unpaired) electrons. The Morgan fingerprint density at radius 1 is 0.959 bits per heavy atom. The number of hydrogen-bond acceptors (Lipinski definition) is 7. The molecule has 2 aromatic carbocycles. The fraction of sp³-hybridized carbons (Fsp3) is 0.400. The Labute approximate surface area is 293 Å². The topological polar surface area (TPSA) is 98.7 Å². The van der Waals surface area contributed by atoms with E-state index in [0.717, 1.165) is 54.0 Å². The molecular weight excluding hydrogens is 631 g/mol. The van der Waals surface area contributed by atoms with Crippen molar-refractivity contribution in [1.82, 2.24) is 20.2 Å². The van der Waals surface area contributed by atoms with Crippen LogP contribution in [-0.4, -0.2) is 64.1 Å². The van der Waals surface area contributed by atoms with Crippen LogP contribution in [0.2, 0.25) is 0 Å². The van der Waals surface area contributed by atoms with Gasteiger partial charge in [0.2, 0.25) is 5.91 Å². The van der Waals surface area contributed by atoms with Crippen LogP contribution in [0.1, 0.15) is 72.9 Å². The van der Waals surface area contributed by atoms with Crippen molar-refractivity contribution in [3.8, 4) is 11.4 Å². The van der Waals surface area contributed by atoms with E-state index in [2.05, 4.69) is 74.8 Å². The first-order valence-electron chi connectivity index (χ1n) is 17.3. The van der Waals surface area contributed by atoms with E-state index in [4.69, 9.17) is 9.97 Å². The maximum absolute atomic E-state index is 13.6. The molecule has 256 valence electrons. The van der Waals surface area contributed by atoms with Gasteiger partial charge in [0.1, 0.15) is 6.04 Å². The van der Waals surface area contributed by atoms with Crippen LogP contribution in [0.5, 0.6) is 0 Å². The third kappa shape index (κ3) is 8.05. The smallest absolute Gasteiger partial charge is 0.310 e. The van der Waals surface area contributed by atoms with Crippen LogP contribution < -0.4 is 10.2 Å². The summed E-state index contributed by atoms with van der Waals surface area (Å²) in [4.78, 5) is 40.6. The van der Waals surface area contributed by atoms with Crippen molar-refractivity contribution >= 4 is 34.6 Å². The van der Waals surface area contributed by atoms with Gasteiger partial charge in [0.25, 0.3) is 0 Å². The van der Waals surface area contributed by atoms with E-state index in [1.54, 1.807) is 16.2 Å². The Kier molecular flexibility index (Phi) is 10.2. The number of carbonyl (C=O) groups excluding carboxylic acids is 1. The lowest BCUT2D eigenvalue weighted by Gasteiger charge is -2.39. The van der Waals surface area contributed by atoms with Gasteiger partial charge in [-0.05, 0) is 59.4 Å². The molecule has 2 aliphatic rings. The molecule has 2 aliphatic heterocycles. The number of rotatable bonds is 11. The number of carboxylic acid groups (broad SMARTS) is 1. The first kappa shape index (κ1) is 34.4. The third-order valence-electron chi connectivity index (χ3n) is 9.84. The lowest BCUT2D eigenvalue weighted by atomic mass is 9.89. The van der Waals surface area contributed by atoms with Gasteiger partial charge >= 0.3 is 5.97 Å². The average Bonchev–Trinajstić information content (AvgIpc) is 3.60. The molecule has 2 aromatic heterocycles. The summed E-state index contributed by atoms with van der Waals surface area (Å²) in [5.74, 6) is -0.246. The molecule has 1 amide bonds. The number of hydrogen-bond donors (Lipinski definition) is 2. The Morgan fingerprint density at radius 3 is 2.16 bits per heavy atom. The van der Waals surface area contributed by atoms with Gasteiger partial charge < -0.3 is 20.2 Å². The van der Waals surface area contributed by atoms with E-state index in [9.17, 15) is 14.7 Å². The zero-order chi connectivity index (χ0) is 34.7. The molecule has 4 heterocycles. The normalized spacial score (nSPS) is 16.2. The largest absolute Gasteiger partial charge is 0.481 e. The van der Waals surface area contributed by atoms with Crippen LogP contribution in [0.4, 0.5) is 5.69 Å². The SMILES string of the molecule is C=C(N[C@@H](Cc1ccc(-c2ncc(N3CCC(c4ccc(CC)cc4)CC3)cn2)cc1)C(=O)N1CC(C(=O)O)C1)c1ccc(C(C)(C)C)s1. The summed E-state index contributed by atoms with van der Waals surface area (Å²) in [5.41, 5.74) is 6.46. The minimum atomic E-state index is -0.866. The molecule has 6 rings (SSSR count). The first-order chi connectivity index (χ1) is 23.5. The second-order valence-corrected chi connectivity index (χ2v) is 15.5. The van der Waals surface area contributed by atoms with Crippen molar-refractivity contribution in [3.63, 3.8) is 0 Å². The molecule has 0 spiro atoms. The minimum absolute atomic E-state index is 0.0203. The monoisotopic (exact) mass is 677 g/mol. The number of nitrogens with zero attached hydrogens (tertiary/aromatic N) is 4. The number of carbonyl (C=O) groups is 2. The summed E-state index contributed by atoms with van der Waals surface area (Å²) in [6, 6.07) is 20.7. The number of aliphatic carboxylic acids is 1. The van der Waals surface area contributed by atoms with Crippen LogP contribution >= 0.6 is 11.3 Å². The number of amides is 1. The summed E-state index contributed by atoms with van der Waals surface area (Å²) in [5, 5.41) is 12.7. The number of piperidine rings is 1. The second-order valence-electron chi connectivity index (χ2n) is 14.4. The van der Waals surface area contributed by atoms with Gasteiger partial charge in [0.15, 0.2) is 5.82 Å². The quantitative estimate of drug-likeness (QED) is 0.174. The molecule has 0 unspecified atom stereocenters. The van der Waals surface area contributed by atoms with Crippen molar-refractivity contribution in [3.05, 3.63) is 106 Å². The minimum Gasteiger partial charge on any atom is -0.481 e. The van der Waals surface area contributed by atoms with Gasteiger partial charge in [-0.15, -0.1) is 11.3 Å². The van der Waals surface area contributed by atoms with E-state index in [0.29, 0.717) is 23.9 Å². The van der Waals surface area contributed by atoms with Crippen LogP contribution in [-0.2, 0) is 27.8 Å². The van der Waals surface area contributed by atoms with Crippen molar-refractivity contribution in [1.29, 1.82) is 0 Å². The van der Waals surface area contributed by atoms with Crippen LogP contribution in [0, 0.1) is 5.92 Å². The molecule has 2 fully saturated rings. The number of aryl methyl sites for hydroxylation is 1. The van der Waals surface area contributed by atoms with E-state index >= 15 is 0 Å². The summed E-state index contributed by atoms with van der Waals surface area (Å²) in [6.07, 6.45) is 7.57. The van der Waals surface area contributed by atoms with E-state index in [1.165, 1.54) is 16.0 Å². The van der Waals surface area contributed by atoms with Crippen LogP contribution in [0.25, 0.3) is 17.1 Å². The second kappa shape index (κ2) is 14.5. The molecule has 1 atom stereocenters. The van der Waals surface area contributed by atoms with E-state index < -0.39 is 17.9 Å². The molecule has 0 saturated carbocycles. The zero-order valence-electron chi connectivity index (χ0n) is 29.0. The number of thiophene rings is 1. The van der Waals surface area contributed by atoms with E-state index in [1.807, 2.05) is 42.7 Å². The maximum Gasteiger partial charge on any atom is 0.310 e. The Hall–Kier alpha value is -4.50. The molecule has 9 heteroatoms. The average molecular weight is 678 g/mol. The number of carboxylic acids is 1. The highest BCUT2D eigenvalue weighted by atomic mass is 32.1. The summed E-state index contributed by atoms with van der Waals surface area (Å²) in [7, 11) is 0. The number of anilines is 1. The lowest BCUT2D eigenvalue weighted by molar-refractivity contribution is -0.153. The number of likely N-dealkylation sites (tertiary alicyclic amines) is 1. The van der Waals surface area contributed by atoms with Crippen molar-refractivity contribution in [2.24, 2.45) is 5.92 Å².